The van der Waals surface area contributed by atoms with E-state index >= 15 is 4.39 Å². The topological polar surface area (TPSA) is 112 Å². The summed E-state index contributed by atoms with van der Waals surface area (Å²) in [4.78, 5) is 36.0. The van der Waals surface area contributed by atoms with Crippen molar-refractivity contribution in [2.24, 2.45) is 0 Å². The first-order valence-corrected chi connectivity index (χ1v) is 10.7. The van der Waals surface area contributed by atoms with Crippen molar-refractivity contribution in [3.63, 3.8) is 0 Å². The molecule has 0 unspecified atom stereocenters. The number of rotatable bonds is 4. The molecule has 0 saturated heterocycles. The largest absolute Gasteiger partial charge is 0.348 e. The molecule has 0 spiro atoms. The van der Waals surface area contributed by atoms with Gasteiger partial charge in [-0.1, -0.05) is 6.07 Å². The molecule has 2 aromatic carbocycles. The van der Waals surface area contributed by atoms with Crippen LogP contribution < -0.4 is 16.0 Å². The number of imidazole rings is 1. The van der Waals surface area contributed by atoms with Crippen LogP contribution in [0.2, 0.25) is 0 Å². The molecule has 10 heteroatoms. The van der Waals surface area contributed by atoms with Crippen LogP contribution in [0, 0.1) is 12.7 Å². The second-order valence-corrected chi connectivity index (χ2v) is 7.98. The number of hydrogen-bond acceptors (Lipinski definition) is 5. The zero-order valence-corrected chi connectivity index (χ0v) is 17.6. The van der Waals surface area contributed by atoms with Crippen LogP contribution >= 0.6 is 11.3 Å². The van der Waals surface area contributed by atoms with E-state index < -0.39 is 11.8 Å². The maximum atomic E-state index is 15.0. The van der Waals surface area contributed by atoms with Gasteiger partial charge in [-0.15, -0.1) is 11.3 Å². The van der Waals surface area contributed by atoms with Crippen molar-refractivity contribution in [2.45, 2.75) is 13.5 Å². The van der Waals surface area contributed by atoms with Crippen LogP contribution in [0.5, 0.6) is 0 Å². The van der Waals surface area contributed by atoms with Crippen LogP contribution in [0.4, 0.5) is 20.7 Å². The standard InChI is InChI=1S/C22H17FN6O2S/c1-11-7-24-20(27-11)15-5-4-13(16-8-25-21(30)19(15)16)14-3-2-12(6-17(14)23)28-22(31)29-18-9-32-10-26-18/h2-7,9-10H,8H2,1H3,(H,24,27)(H,25,30)(H2,28,29,31). The Kier molecular flexibility index (Phi) is 4.91. The predicted molar refractivity (Wildman–Crippen MR) is 120 cm³/mol. The third kappa shape index (κ3) is 3.60. The number of benzene rings is 2. The van der Waals surface area contributed by atoms with Gasteiger partial charge in [-0.05, 0) is 42.3 Å². The molecule has 8 nitrogen and oxygen atoms in total. The first kappa shape index (κ1) is 19.9. The van der Waals surface area contributed by atoms with Crippen molar-refractivity contribution >= 4 is 34.8 Å². The lowest BCUT2D eigenvalue weighted by Crippen LogP contribution is -2.19. The number of thiazole rings is 1. The van der Waals surface area contributed by atoms with E-state index in [1.54, 1.807) is 41.4 Å². The van der Waals surface area contributed by atoms with E-state index in [0.717, 1.165) is 5.69 Å². The van der Waals surface area contributed by atoms with E-state index in [1.165, 1.54) is 17.4 Å². The van der Waals surface area contributed by atoms with Gasteiger partial charge < -0.3 is 15.6 Å². The fourth-order valence-electron chi connectivity index (χ4n) is 3.71. The number of fused-ring (bicyclic) bond motifs is 1. The van der Waals surface area contributed by atoms with E-state index in [-0.39, 0.29) is 5.91 Å². The Morgan fingerprint density at radius 1 is 1.12 bits per heavy atom. The Morgan fingerprint density at radius 2 is 1.94 bits per heavy atom. The van der Waals surface area contributed by atoms with Crippen molar-refractivity contribution in [1.82, 2.24) is 20.3 Å². The molecule has 0 bridgehead atoms. The number of urea groups is 1. The Balaban J connectivity index is 1.46. The molecule has 0 atom stereocenters. The van der Waals surface area contributed by atoms with E-state index in [4.69, 9.17) is 0 Å². The number of halogens is 1. The van der Waals surface area contributed by atoms with Crippen LogP contribution in [-0.2, 0) is 6.54 Å². The van der Waals surface area contributed by atoms with Gasteiger partial charge in [0.05, 0.1) is 11.1 Å². The van der Waals surface area contributed by atoms with E-state index in [1.807, 2.05) is 6.92 Å². The minimum absolute atomic E-state index is 0.219. The summed E-state index contributed by atoms with van der Waals surface area (Å²) in [5.41, 5.74) is 5.59. The molecule has 0 fully saturated rings. The van der Waals surface area contributed by atoms with Gasteiger partial charge in [0.2, 0.25) is 0 Å². The molecular formula is C22H17FN6O2S. The number of aryl methyl sites for hydroxylation is 1. The first-order valence-electron chi connectivity index (χ1n) is 9.72. The quantitative estimate of drug-likeness (QED) is 0.367. The van der Waals surface area contributed by atoms with Gasteiger partial charge in [0.1, 0.15) is 17.5 Å². The number of aromatic amines is 1. The molecule has 3 amide bonds. The molecule has 32 heavy (non-hydrogen) atoms. The Bertz CT molecular complexity index is 1350. The van der Waals surface area contributed by atoms with Crippen LogP contribution in [0.25, 0.3) is 22.5 Å². The first-order chi connectivity index (χ1) is 15.5. The number of aromatic nitrogens is 3. The van der Waals surface area contributed by atoms with Gasteiger partial charge in [-0.3, -0.25) is 10.1 Å². The molecule has 4 N–H and O–H groups in total. The Morgan fingerprint density at radius 3 is 2.66 bits per heavy atom. The fraction of sp³-hybridized carbons (Fsp3) is 0.0909. The molecule has 1 aliphatic rings. The summed E-state index contributed by atoms with van der Waals surface area (Å²) in [7, 11) is 0. The normalized spacial score (nSPS) is 12.4. The maximum Gasteiger partial charge on any atom is 0.324 e. The van der Waals surface area contributed by atoms with Gasteiger partial charge in [0.25, 0.3) is 5.91 Å². The highest BCUT2D eigenvalue weighted by Gasteiger charge is 2.28. The molecule has 0 aliphatic carbocycles. The smallest absolute Gasteiger partial charge is 0.324 e. The molecule has 2 aromatic heterocycles. The zero-order valence-electron chi connectivity index (χ0n) is 16.8. The highest BCUT2D eigenvalue weighted by Crippen LogP contribution is 2.36. The molecular weight excluding hydrogens is 431 g/mol. The number of carbonyl (C=O) groups is 2. The van der Waals surface area contributed by atoms with Crippen LogP contribution in [-0.4, -0.2) is 26.9 Å². The number of anilines is 2. The number of carbonyl (C=O) groups excluding carboxylic acids is 2. The summed E-state index contributed by atoms with van der Waals surface area (Å²) in [6.07, 6.45) is 1.69. The summed E-state index contributed by atoms with van der Waals surface area (Å²) in [6.45, 7) is 2.18. The third-order valence-corrected chi connectivity index (χ3v) is 5.70. The van der Waals surface area contributed by atoms with E-state index in [0.29, 0.717) is 51.7 Å². The average Bonchev–Trinajstić information content (AvgIpc) is 3.50. The lowest BCUT2D eigenvalue weighted by Gasteiger charge is -2.13. The molecule has 0 saturated carbocycles. The van der Waals surface area contributed by atoms with Gasteiger partial charge in [-0.25, -0.2) is 19.2 Å². The zero-order chi connectivity index (χ0) is 22.2. The van der Waals surface area contributed by atoms with Crippen molar-refractivity contribution in [3.8, 4) is 22.5 Å². The molecule has 3 heterocycles. The highest BCUT2D eigenvalue weighted by atomic mass is 32.1. The predicted octanol–water partition coefficient (Wildman–Crippen LogP) is 4.54. The molecule has 160 valence electrons. The SMILES string of the molecule is Cc1cnc(-c2ccc(-c3ccc(NC(=O)Nc4cscn4)cc3F)c3c2C(=O)NC3)[nH]1. The molecule has 0 radical (unpaired) electrons. The van der Waals surface area contributed by atoms with Crippen LogP contribution in [0.15, 0.2) is 47.4 Å². The van der Waals surface area contributed by atoms with Crippen molar-refractivity contribution in [2.75, 3.05) is 10.6 Å². The van der Waals surface area contributed by atoms with E-state index in [2.05, 4.69) is 30.9 Å². The number of nitrogens with one attached hydrogen (secondary N) is 4. The lowest BCUT2D eigenvalue weighted by atomic mass is 9.92. The van der Waals surface area contributed by atoms with Crippen molar-refractivity contribution in [3.05, 3.63) is 70.1 Å². The second kappa shape index (κ2) is 7.89. The Labute approximate surface area is 185 Å². The molecule has 5 rings (SSSR count). The Hall–Kier alpha value is -4.05. The summed E-state index contributed by atoms with van der Waals surface area (Å²) >= 11 is 1.35. The minimum Gasteiger partial charge on any atom is -0.348 e. The number of amides is 3. The van der Waals surface area contributed by atoms with Crippen molar-refractivity contribution in [1.29, 1.82) is 0 Å². The second-order valence-electron chi connectivity index (χ2n) is 7.26. The highest BCUT2D eigenvalue weighted by molar-refractivity contribution is 7.07. The van der Waals surface area contributed by atoms with Gasteiger partial charge in [0, 0.05) is 40.6 Å². The summed E-state index contributed by atoms with van der Waals surface area (Å²) in [5.74, 6) is 0.278. The minimum atomic E-state index is -0.517. The van der Waals surface area contributed by atoms with Crippen LogP contribution in [0.3, 0.4) is 0 Å². The monoisotopic (exact) mass is 448 g/mol. The van der Waals surface area contributed by atoms with Crippen molar-refractivity contribution < 1.29 is 14.0 Å². The number of H-pyrrole nitrogens is 1. The maximum absolute atomic E-state index is 15.0. The summed E-state index contributed by atoms with van der Waals surface area (Å²) in [5, 5.41) is 9.66. The third-order valence-electron chi connectivity index (χ3n) is 5.11. The molecule has 4 aromatic rings. The van der Waals surface area contributed by atoms with Gasteiger partial charge in [0.15, 0.2) is 0 Å². The lowest BCUT2D eigenvalue weighted by molar-refractivity contribution is 0.0966. The average molecular weight is 448 g/mol. The number of nitrogens with zero attached hydrogens (tertiary/aromatic N) is 2. The van der Waals surface area contributed by atoms with Gasteiger partial charge in [-0.2, -0.15) is 0 Å². The number of hydrogen-bond donors (Lipinski definition) is 4. The van der Waals surface area contributed by atoms with Gasteiger partial charge >= 0.3 is 6.03 Å². The summed E-state index contributed by atoms with van der Waals surface area (Å²) in [6, 6.07) is 7.48. The molecule has 1 aliphatic heterocycles. The fourth-order valence-corrected chi connectivity index (χ4v) is 4.20. The van der Waals surface area contributed by atoms with E-state index in [9.17, 15) is 9.59 Å². The van der Waals surface area contributed by atoms with Crippen LogP contribution in [0.1, 0.15) is 21.6 Å². The summed E-state index contributed by atoms with van der Waals surface area (Å²) < 4.78 is 15.0.